The highest BCUT2D eigenvalue weighted by Gasteiger charge is 2.28. The second kappa shape index (κ2) is 5.69. The normalized spacial score (nSPS) is 19.7. The van der Waals surface area contributed by atoms with Gasteiger partial charge in [-0.05, 0) is 19.5 Å². The van der Waals surface area contributed by atoms with E-state index >= 15 is 0 Å². The first-order valence-corrected chi connectivity index (χ1v) is 7.24. The molecule has 0 radical (unpaired) electrons. The van der Waals surface area contributed by atoms with Crippen molar-refractivity contribution in [1.29, 1.82) is 0 Å². The first-order chi connectivity index (χ1) is 10.2. The van der Waals surface area contributed by atoms with Crippen LogP contribution in [0, 0.1) is 6.92 Å². The van der Waals surface area contributed by atoms with Crippen LogP contribution in [0.5, 0.6) is 0 Å². The highest BCUT2D eigenvalue weighted by atomic mass is 15.3. The van der Waals surface area contributed by atoms with E-state index < -0.39 is 0 Å². The van der Waals surface area contributed by atoms with Gasteiger partial charge in [0.15, 0.2) is 0 Å². The van der Waals surface area contributed by atoms with Gasteiger partial charge in [-0.3, -0.25) is 0 Å². The first kappa shape index (κ1) is 13.8. The van der Waals surface area contributed by atoms with Gasteiger partial charge in [-0.1, -0.05) is 30.3 Å². The maximum atomic E-state index is 5.95. The first-order valence-electron chi connectivity index (χ1n) is 7.24. The van der Waals surface area contributed by atoms with Crippen molar-refractivity contribution in [3.63, 3.8) is 0 Å². The molecule has 3 rings (SSSR count). The van der Waals surface area contributed by atoms with Crippen molar-refractivity contribution in [2.24, 2.45) is 0 Å². The number of likely N-dealkylation sites (N-methyl/N-ethyl adjacent to an activating group) is 1. The molecule has 1 aromatic heterocycles. The summed E-state index contributed by atoms with van der Waals surface area (Å²) in [4.78, 5) is 13.3. The molecule has 21 heavy (non-hydrogen) atoms. The van der Waals surface area contributed by atoms with Crippen LogP contribution < -0.4 is 10.6 Å². The van der Waals surface area contributed by atoms with Crippen LogP contribution in [0.25, 0.3) is 0 Å². The second-order valence-electron chi connectivity index (χ2n) is 5.59. The minimum atomic E-state index is 0.290. The molecule has 1 aliphatic heterocycles. The summed E-state index contributed by atoms with van der Waals surface area (Å²) in [6.07, 6.45) is 1.55. The molecule has 0 amide bonds. The number of hydrogen-bond donors (Lipinski definition) is 1. The lowest BCUT2D eigenvalue weighted by atomic mass is 10.0. The number of nitrogen functional groups attached to an aromatic ring is 1. The zero-order chi connectivity index (χ0) is 14.8. The third kappa shape index (κ3) is 2.69. The van der Waals surface area contributed by atoms with Crippen molar-refractivity contribution in [2.45, 2.75) is 13.0 Å². The van der Waals surface area contributed by atoms with E-state index in [1.54, 1.807) is 6.33 Å². The molecule has 1 aromatic carbocycles. The summed E-state index contributed by atoms with van der Waals surface area (Å²) in [5.74, 6) is 1.51. The predicted molar refractivity (Wildman–Crippen MR) is 85.2 cm³/mol. The van der Waals surface area contributed by atoms with E-state index in [2.05, 4.69) is 51.1 Å². The third-order valence-electron chi connectivity index (χ3n) is 4.14. The number of rotatable bonds is 2. The number of nitrogens with zero attached hydrogens (tertiary/aromatic N) is 4. The van der Waals surface area contributed by atoms with Gasteiger partial charge in [-0.25, -0.2) is 9.97 Å². The molecule has 5 heteroatoms. The average Bonchev–Trinajstić information content (AvgIpc) is 2.51. The molecule has 110 valence electrons. The summed E-state index contributed by atoms with van der Waals surface area (Å²) in [6.45, 7) is 4.93. The van der Waals surface area contributed by atoms with E-state index in [-0.39, 0.29) is 6.04 Å². The summed E-state index contributed by atoms with van der Waals surface area (Å²) in [6, 6.07) is 10.9. The second-order valence-corrected chi connectivity index (χ2v) is 5.59. The molecule has 2 N–H and O–H groups in total. The zero-order valence-electron chi connectivity index (χ0n) is 12.5. The van der Waals surface area contributed by atoms with E-state index in [9.17, 15) is 0 Å². The molecule has 1 fully saturated rings. The van der Waals surface area contributed by atoms with Gasteiger partial charge in [-0.2, -0.15) is 0 Å². The van der Waals surface area contributed by atoms with Crippen LogP contribution in [-0.4, -0.2) is 41.5 Å². The standard InChI is InChI=1S/C16H21N5/c1-12-15(17)18-11-19-16(12)21-9-8-20(2)10-14(21)13-6-4-3-5-7-13/h3-7,11,14H,8-10H2,1-2H3,(H2,17,18,19). The Morgan fingerprint density at radius 2 is 1.90 bits per heavy atom. The largest absolute Gasteiger partial charge is 0.383 e. The topological polar surface area (TPSA) is 58.3 Å². The smallest absolute Gasteiger partial charge is 0.137 e. The van der Waals surface area contributed by atoms with Crippen LogP contribution in [0.3, 0.4) is 0 Å². The maximum absolute atomic E-state index is 5.95. The van der Waals surface area contributed by atoms with Crippen molar-refractivity contribution in [1.82, 2.24) is 14.9 Å². The Morgan fingerprint density at radius 1 is 1.14 bits per heavy atom. The maximum Gasteiger partial charge on any atom is 0.137 e. The molecular weight excluding hydrogens is 262 g/mol. The number of piperazine rings is 1. The third-order valence-corrected chi connectivity index (χ3v) is 4.14. The van der Waals surface area contributed by atoms with Gasteiger partial charge in [0.2, 0.25) is 0 Å². The minimum Gasteiger partial charge on any atom is -0.383 e. The lowest BCUT2D eigenvalue weighted by molar-refractivity contribution is 0.268. The Morgan fingerprint density at radius 3 is 2.67 bits per heavy atom. The van der Waals surface area contributed by atoms with Crippen LogP contribution in [0.15, 0.2) is 36.7 Å². The fourth-order valence-electron chi connectivity index (χ4n) is 2.88. The number of nitrogens with two attached hydrogens (primary N) is 1. The van der Waals surface area contributed by atoms with E-state index in [0.29, 0.717) is 5.82 Å². The van der Waals surface area contributed by atoms with Crippen LogP contribution in [0.4, 0.5) is 11.6 Å². The van der Waals surface area contributed by atoms with Gasteiger partial charge >= 0.3 is 0 Å². The van der Waals surface area contributed by atoms with Crippen LogP contribution >= 0.6 is 0 Å². The molecule has 2 heterocycles. The highest BCUT2D eigenvalue weighted by Crippen LogP contribution is 2.31. The van der Waals surface area contributed by atoms with E-state index in [1.807, 2.05) is 13.0 Å². The molecule has 0 aliphatic carbocycles. The lowest BCUT2D eigenvalue weighted by Gasteiger charge is -2.41. The van der Waals surface area contributed by atoms with Gasteiger partial charge in [0.25, 0.3) is 0 Å². The van der Waals surface area contributed by atoms with Crippen molar-refractivity contribution in [3.8, 4) is 0 Å². The van der Waals surface area contributed by atoms with Gasteiger partial charge in [0, 0.05) is 25.2 Å². The van der Waals surface area contributed by atoms with Gasteiger partial charge in [-0.15, -0.1) is 0 Å². The van der Waals surface area contributed by atoms with Crippen LogP contribution in [0.1, 0.15) is 17.2 Å². The fraction of sp³-hybridized carbons (Fsp3) is 0.375. The summed E-state index contributed by atoms with van der Waals surface area (Å²) in [5, 5.41) is 0. The van der Waals surface area contributed by atoms with E-state index in [4.69, 9.17) is 5.73 Å². The quantitative estimate of drug-likeness (QED) is 0.911. The molecule has 0 saturated carbocycles. The number of anilines is 2. The Balaban J connectivity index is 2.00. The summed E-state index contributed by atoms with van der Waals surface area (Å²) < 4.78 is 0. The van der Waals surface area contributed by atoms with Crippen molar-refractivity contribution in [3.05, 3.63) is 47.8 Å². The SMILES string of the molecule is Cc1c(N)ncnc1N1CCN(C)CC1c1ccccc1. The molecule has 1 unspecified atom stereocenters. The Bertz CT molecular complexity index is 613. The van der Waals surface area contributed by atoms with Gasteiger partial charge in [0.1, 0.15) is 18.0 Å². The Labute approximate surface area is 125 Å². The van der Waals surface area contributed by atoms with E-state index in [0.717, 1.165) is 31.0 Å². The highest BCUT2D eigenvalue weighted by molar-refractivity contribution is 5.57. The van der Waals surface area contributed by atoms with Crippen LogP contribution in [-0.2, 0) is 0 Å². The van der Waals surface area contributed by atoms with E-state index in [1.165, 1.54) is 5.56 Å². The summed E-state index contributed by atoms with van der Waals surface area (Å²) in [7, 11) is 2.16. The molecule has 0 bridgehead atoms. The Hall–Kier alpha value is -2.14. The van der Waals surface area contributed by atoms with Crippen LogP contribution in [0.2, 0.25) is 0 Å². The molecule has 2 aromatic rings. The average molecular weight is 283 g/mol. The summed E-state index contributed by atoms with van der Waals surface area (Å²) >= 11 is 0. The Kier molecular flexibility index (Phi) is 3.75. The van der Waals surface area contributed by atoms with Crippen molar-refractivity contribution in [2.75, 3.05) is 37.3 Å². The molecule has 1 aliphatic rings. The number of benzene rings is 1. The molecule has 5 nitrogen and oxygen atoms in total. The molecule has 1 saturated heterocycles. The molecule has 1 atom stereocenters. The van der Waals surface area contributed by atoms with Gasteiger partial charge in [0.05, 0.1) is 6.04 Å². The zero-order valence-corrected chi connectivity index (χ0v) is 12.5. The number of hydrogen-bond acceptors (Lipinski definition) is 5. The lowest BCUT2D eigenvalue weighted by Crippen LogP contribution is -2.47. The molecular formula is C16H21N5. The summed E-state index contributed by atoms with van der Waals surface area (Å²) in [5.41, 5.74) is 8.22. The van der Waals surface area contributed by atoms with Gasteiger partial charge < -0.3 is 15.5 Å². The van der Waals surface area contributed by atoms with Crippen molar-refractivity contribution >= 4 is 11.6 Å². The monoisotopic (exact) mass is 283 g/mol. The predicted octanol–water partition coefficient (Wildman–Crippen LogP) is 1.86. The number of aromatic nitrogens is 2. The fourth-order valence-corrected chi connectivity index (χ4v) is 2.88. The van der Waals surface area contributed by atoms with Crippen molar-refractivity contribution < 1.29 is 0 Å². The minimum absolute atomic E-state index is 0.290. The molecule has 0 spiro atoms.